The molecule has 2 amide bonds. The second kappa shape index (κ2) is 11.8. The molecule has 0 aliphatic rings. The Balaban J connectivity index is 1.67. The average molecular weight is 401 g/mol. The zero-order valence-corrected chi connectivity index (χ0v) is 16.9. The third-order valence-electron chi connectivity index (χ3n) is 4.15. The Bertz CT molecular complexity index is 794. The van der Waals surface area contributed by atoms with Gasteiger partial charge in [-0.15, -0.1) is 0 Å². The van der Waals surface area contributed by atoms with Crippen molar-refractivity contribution in [3.63, 3.8) is 0 Å². The molecule has 2 aromatic carbocycles. The molecular weight excluding hydrogens is 373 g/mol. The molecule has 29 heavy (non-hydrogen) atoms. The summed E-state index contributed by atoms with van der Waals surface area (Å²) in [6.07, 6.45) is 2.16. The van der Waals surface area contributed by atoms with Crippen LogP contribution in [0.2, 0.25) is 0 Å². The Morgan fingerprint density at radius 2 is 1.79 bits per heavy atom. The van der Waals surface area contributed by atoms with Crippen LogP contribution in [-0.4, -0.2) is 50.5 Å². The zero-order valence-electron chi connectivity index (χ0n) is 16.9. The molecule has 0 aliphatic carbocycles. The first-order valence-corrected chi connectivity index (χ1v) is 9.65. The Morgan fingerprint density at radius 3 is 2.48 bits per heavy atom. The van der Waals surface area contributed by atoms with Gasteiger partial charge in [0.1, 0.15) is 11.6 Å². The van der Waals surface area contributed by atoms with Gasteiger partial charge in [0.25, 0.3) is 0 Å². The highest BCUT2D eigenvalue weighted by Crippen LogP contribution is 2.16. The predicted molar refractivity (Wildman–Crippen MR) is 111 cm³/mol. The first kappa shape index (κ1) is 22.4. The lowest BCUT2D eigenvalue weighted by atomic mass is 10.1. The summed E-state index contributed by atoms with van der Waals surface area (Å²) in [4.78, 5) is 26.0. The highest BCUT2D eigenvalue weighted by Gasteiger charge is 2.13. The van der Waals surface area contributed by atoms with Crippen molar-refractivity contribution in [1.29, 1.82) is 0 Å². The second-order valence-electron chi connectivity index (χ2n) is 6.97. The quantitative estimate of drug-likeness (QED) is 0.474. The van der Waals surface area contributed by atoms with E-state index >= 15 is 0 Å². The van der Waals surface area contributed by atoms with Gasteiger partial charge in [-0.3, -0.25) is 9.59 Å². The SMILES string of the molecule is CN(C)CCCOc1ccc(NC(=O)C(=O)NCCCc2cccc(F)c2)cc1. The normalized spacial score (nSPS) is 10.6. The van der Waals surface area contributed by atoms with Gasteiger partial charge < -0.3 is 20.3 Å². The molecule has 0 fully saturated rings. The molecule has 0 saturated carbocycles. The van der Waals surface area contributed by atoms with Crippen LogP contribution in [0.5, 0.6) is 5.75 Å². The first-order valence-electron chi connectivity index (χ1n) is 9.65. The van der Waals surface area contributed by atoms with E-state index in [2.05, 4.69) is 15.5 Å². The number of hydrogen-bond donors (Lipinski definition) is 2. The van der Waals surface area contributed by atoms with Crippen molar-refractivity contribution in [3.05, 3.63) is 59.9 Å². The van der Waals surface area contributed by atoms with E-state index in [0.717, 1.165) is 18.5 Å². The zero-order chi connectivity index (χ0) is 21.1. The van der Waals surface area contributed by atoms with Crippen LogP contribution in [-0.2, 0) is 16.0 Å². The molecule has 2 aromatic rings. The molecule has 2 rings (SSSR count). The fourth-order valence-electron chi connectivity index (χ4n) is 2.66. The van der Waals surface area contributed by atoms with Crippen LogP contribution in [0, 0.1) is 5.82 Å². The number of carbonyl (C=O) groups excluding carboxylic acids is 2. The molecule has 0 unspecified atom stereocenters. The van der Waals surface area contributed by atoms with Gasteiger partial charge in [0, 0.05) is 18.8 Å². The van der Waals surface area contributed by atoms with Crippen LogP contribution >= 0.6 is 0 Å². The van der Waals surface area contributed by atoms with Gasteiger partial charge in [-0.1, -0.05) is 12.1 Å². The highest BCUT2D eigenvalue weighted by atomic mass is 19.1. The number of amides is 2. The maximum absolute atomic E-state index is 13.1. The standard InChI is InChI=1S/C22H28FN3O3/c1-26(2)14-5-15-29-20-11-9-19(10-12-20)25-22(28)21(27)24-13-4-7-17-6-3-8-18(23)16-17/h3,6,8-12,16H,4-5,7,13-15H2,1-2H3,(H,24,27)(H,25,28). The van der Waals surface area contributed by atoms with Crippen LogP contribution in [0.15, 0.2) is 48.5 Å². The smallest absolute Gasteiger partial charge is 0.313 e. The van der Waals surface area contributed by atoms with E-state index in [0.29, 0.717) is 37.4 Å². The lowest BCUT2D eigenvalue weighted by Crippen LogP contribution is -2.36. The number of aryl methyl sites for hydroxylation is 1. The molecule has 0 aliphatic heterocycles. The molecule has 0 spiro atoms. The minimum absolute atomic E-state index is 0.282. The molecule has 6 nitrogen and oxygen atoms in total. The molecular formula is C22H28FN3O3. The second-order valence-corrected chi connectivity index (χ2v) is 6.97. The number of ether oxygens (including phenoxy) is 1. The van der Waals surface area contributed by atoms with Crippen molar-refractivity contribution in [2.24, 2.45) is 0 Å². The number of carbonyl (C=O) groups is 2. The van der Waals surface area contributed by atoms with Crippen LogP contribution in [0.3, 0.4) is 0 Å². The van der Waals surface area contributed by atoms with E-state index < -0.39 is 11.8 Å². The largest absolute Gasteiger partial charge is 0.494 e. The maximum atomic E-state index is 13.1. The minimum atomic E-state index is -0.726. The summed E-state index contributed by atoms with van der Waals surface area (Å²) in [7, 11) is 4.02. The molecule has 0 radical (unpaired) electrons. The van der Waals surface area contributed by atoms with Crippen LogP contribution in [0.25, 0.3) is 0 Å². The summed E-state index contributed by atoms with van der Waals surface area (Å²) in [5, 5.41) is 5.12. The summed E-state index contributed by atoms with van der Waals surface area (Å²) in [5.41, 5.74) is 1.37. The van der Waals surface area contributed by atoms with E-state index in [1.54, 1.807) is 30.3 Å². The third kappa shape index (κ3) is 8.74. The molecule has 0 saturated heterocycles. The van der Waals surface area contributed by atoms with Crippen molar-refractivity contribution in [2.75, 3.05) is 39.1 Å². The van der Waals surface area contributed by atoms with E-state index in [-0.39, 0.29) is 5.82 Å². The third-order valence-corrected chi connectivity index (χ3v) is 4.15. The molecule has 0 aromatic heterocycles. The number of nitrogens with zero attached hydrogens (tertiary/aromatic N) is 1. The van der Waals surface area contributed by atoms with Crippen molar-refractivity contribution in [3.8, 4) is 5.75 Å². The Labute approximate surface area is 171 Å². The summed E-state index contributed by atoms with van der Waals surface area (Å²) >= 11 is 0. The first-order chi connectivity index (χ1) is 13.9. The van der Waals surface area contributed by atoms with Crippen molar-refractivity contribution < 1.29 is 18.7 Å². The number of hydrogen-bond acceptors (Lipinski definition) is 4. The lowest BCUT2D eigenvalue weighted by Gasteiger charge is -2.11. The van der Waals surface area contributed by atoms with Crippen LogP contribution in [0.4, 0.5) is 10.1 Å². The monoisotopic (exact) mass is 401 g/mol. The fraction of sp³-hybridized carbons (Fsp3) is 0.364. The van der Waals surface area contributed by atoms with Gasteiger partial charge in [-0.2, -0.15) is 0 Å². The van der Waals surface area contributed by atoms with Crippen molar-refractivity contribution in [1.82, 2.24) is 10.2 Å². The lowest BCUT2D eigenvalue weighted by molar-refractivity contribution is -0.136. The number of halogens is 1. The Morgan fingerprint density at radius 1 is 1.03 bits per heavy atom. The van der Waals surface area contributed by atoms with Gasteiger partial charge in [-0.05, 0) is 75.3 Å². The number of nitrogens with one attached hydrogen (secondary N) is 2. The number of benzene rings is 2. The van der Waals surface area contributed by atoms with E-state index in [4.69, 9.17) is 4.74 Å². The maximum Gasteiger partial charge on any atom is 0.313 e. The average Bonchev–Trinajstić information content (AvgIpc) is 2.69. The van der Waals surface area contributed by atoms with Crippen LogP contribution < -0.4 is 15.4 Å². The molecule has 2 N–H and O–H groups in total. The molecule has 0 atom stereocenters. The Hall–Kier alpha value is -2.93. The van der Waals surface area contributed by atoms with Gasteiger partial charge in [0.2, 0.25) is 0 Å². The van der Waals surface area contributed by atoms with Crippen molar-refractivity contribution in [2.45, 2.75) is 19.3 Å². The predicted octanol–water partition coefficient (Wildman–Crippen LogP) is 2.84. The summed E-state index contributed by atoms with van der Waals surface area (Å²) < 4.78 is 18.7. The van der Waals surface area contributed by atoms with E-state index in [1.807, 2.05) is 20.2 Å². The molecule has 156 valence electrons. The minimum Gasteiger partial charge on any atom is -0.494 e. The van der Waals surface area contributed by atoms with E-state index in [9.17, 15) is 14.0 Å². The van der Waals surface area contributed by atoms with Crippen LogP contribution in [0.1, 0.15) is 18.4 Å². The molecule has 0 heterocycles. The van der Waals surface area contributed by atoms with Gasteiger partial charge >= 0.3 is 11.8 Å². The van der Waals surface area contributed by atoms with Gasteiger partial charge in [0.15, 0.2) is 0 Å². The summed E-state index contributed by atoms with van der Waals surface area (Å²) in [6.45, 7) is 1.90. The number of anilines is 1. The summed E-state index contributed by atoms with van der Waals surface area (Å²) in [5.74, 6) is -0.997. The Kier molecular flexibility index (Phi) is 9.11. The van der Waals surface area contributed by atoms with E-state index in [1.165, 1.54) is 12.1 Å². The van der Waals surface area contributed by atoms with Crippen molar-refractivity contribution >= 4 is 17.5 Å². The van der Waals surface area contributed by atoms with Gasteiger partial charge in [0.05, 0.1) is 6.61 Å². The molecule has 0 bridgehead atoms. The summed E-state index contributed by atoms with van der Waals surface area (Å²) in [6, 6.07) is 13.2. The van der Waals surface area contributed by atoms with Gasteiger partial charge in [-0.25, -0.2) is 4.39 Å². The molecule has 7 heteroatoms. The topological polar surface area (TPSA) is 70.7 Å². The highest BCUT2D eigenvalue weighted by molar-refractivity contribution is 6.39. The number of rotatable bonds is 10. The fourth-order valence-corrected chi connectivity index (χ4v) is 2.66.